The van der Waals surface area contributed by atoms with Gasteiger partial charge in [0.05, 0.1) is 0 Å². The molecule has 2 heterocycles. The van der Waals surface area contributed by atoms with Crippen LogP contribution < -0.4 is 4.90 Å². The van der Waals surface area contributed by atoms with Gasteiger partial charge in [0.2, 0.25) is 0 Å². The Bertz CT molecular complexity index is 3460. The first kappa shape index (κ1) is 35.9. The van der Waals surface area contributed by atoms with Gasteiger partial charge >= 0.3 is 0 Å². The van der Waals surface area contributed by atoms with Crippen LogP contribution in [0.5, 0.6) is 0 Å². The van der Waals surface area contributed by atoms with Crippen molar-refractivity contribution in [2.75, 3.05) is 4.90 Å². The first-order chi connectivity index (χ1) is 30.2. The molecule has 0 saturated heterocycles. The van der Waals surface area contributed by atoms with Crippen LogP contribution in [0.15, 0.2) is 206 Å². The minimum Gasteiger partial charge on any atom is -0.310 e. The fourth-order valence-electron chi connectivity index (χ4n) is 9.35. The van der Waals surface area contributed by atoms with E-state index in [9.17, 15) is 0 Å². The molecule has 0 aliphatic heterocycles. The molecule has 0 unspecified atom stereocenters. The zero-order valence-electron chi connectivity index (χ0n) is 33.4. The molecule has 0 N–H and O–H groups in total. The van der Waals surface area contributed by atoms with Gasteiger partial charge in [0.15, 0.2) is 0 Å². The Balaban J connectivity index is 0.996. The Hall–Kier alpha value is -7.04. The third-order valence-electron chi connectivity index (χ3n) is 12.4. The van der Waals surface area contributed by atoms with Crippen LogP contribution in [-0.4, -0.2) is 0 Å². The molecule has 9 aromatic carbocycles. The van der Waals surface area contributed by atoms with Crippen molar-refractivity contribution >= 4 is 86.8 Å². The third-order valence-corrected chi connectivity index (χ3v) is 14.8. The fourth-order valence-corrected chi connectivity index (χ4v) is 11.9. The summed E-state index contributed by atoms with van der Waals surface area (Å²) in [6.07, 6.45) is 6.87. The van der Waals surface area contributed by atoms with Crippen molar-refractivity contribution < 1.29 is 0 Å². The fraction of sp³-hybridized carbons (Fsp3) is 0.0345. The van der Waals surface area contributed by atoms with E-state index in [0.717, 1.165) is 29.9 Å². The molecule has 3 heteroatoms. The summed E-state index contributed by atoms with van der Waals surface area (Å²) < 4.78 is 4.04. The molecule has 2 aromatic heterocycles. The number of benzene rings is 9. The molecule has 288 valence electrons. The zero-order valence-corrected chi connectivity index (χ0v) is 35.0. The highest BCUT2D eigenvalue weighted by Crippen LogP contribution is 2.48. The second kappa shape index (κ2) is 14.9. The molecule has 0 atom stereocenters. The predicted molar refractivity (Wildman–Crippen MR) is 266 cm³/mol. The summed E-state index contributed by atoms with van der Waals surface area (Å²) in [4.78, 5) is 3.78. The summed E-state index contributed by atoms with van der Waals surface area (Å²) in [6.45, 7) is 0. The lowest BCUT2D eigenvalue weighted by Gasteiger charge is -2.26. The predicted octanol–water partition coefficient (Wildman–Crippen LogP) is 17.5. The van der Waals surface area contributed by atoms with E-state index in [0.29, 0.717) is 0 Å². The van der Waals surface area contributed by atoms with Crippen molar-refractivity contribution in [2.45, 2.75) is 12.8 Å². The highest BCUT2D eigenvalue weighted by atomic mass is 32.1. The first-order valence-electron chi connectivity index (χ1n) is 21.0. The summed E-state index contributed by atoms with van der Waals surface area (Å²) in [6, 6.07) is 73.8. The summed E-state index contributed by atoms with van der Waals surface area (Å²) in [7, 11) is 0. The van der Waals surface area contributed by atoms with E-state index in [4.69, 9.17) is 0 Å². The monoisotopic (exact) mass is 813 g/mol. The van der Waals surface area contributed by atoms with Crippen LogP contribution in [0.4, 0.5) is 17.1 Å². The summed E-state index contributed by atoms with van der Waals surface area (Å²) in [5, 5.41) is 6.50. The smallest absolute Gasteiger partial charge is 0.0468 e. The van der Waals surface area contributed by atoms with Crippen molar-refractivity contribution in [3.05, 3.63) is 217 Å². The summed E-state index contributed by atoms with van der Waals surface area (Å²) in [5.41, 5.74) is 14.8. The molecule has 0 amide bonds. The van der Waals surface area contributed by atoms with Crippen LogP contribution in [0.1, 0.15) is 16.9 Å². The molecular formula is C58H39NS2. The molecule has 12 rings (SSSR count). The van der Waals surface area contributed by atoms with E-state index in [1.54, 1.807) is 0 Å². The second-order valence-electron chi connectivity index (χ2n) is 15.9. The van der Waals surface area contributed by atoms with Crippen molar-refractivity contribution in [3.63, 3.8) is 0 Å². The van der Waals surface area contributed by atoms with Crippen molar-refractivity contribution in [1.82, 2.24) is 0 Å². The molecule has 0 fully saturated rings. The molecule has 11 aromatic rings. The highest BCUT2D eigenvalue weighted by Gasteiger charge is 2.21. The maximum absolute atomic E-state index is 2.44. The van der Waals surface area contributed by atoms with Gasteiger partial charge in [0.1, 0.15) is 0 Å². The van der Waals surface area contributed by atoms with Gasteiger partial charge in [-0.1, -0.05) is 158 Å². The van der Waals surface area contributed by atoms with Gasteiger partial charge in [-0.3, -0.25) is 0 Å². The Labute approximate surface area is 363 Å². The molecule has 1 nitrogen and oxygen atoms in total. The largest absolute Gasteiger partial charge is 0.310 e. The van der Waals surface area contributed by atoms with Crippen LogP contribution in [0, 0.1) is 0 Å². The van der Waals surface area contributed by atoms with Gasteiger partial charge in [-0.05, 0) is 123 Å². The topological polar surface area (TPSA) is 3.24 Å². The number of fused-ring (bicyclic) bond motifs is 7. The highest BCUT2D eigenvalue weighted by molar-refractivity contribution is 7.26. The van der Waals surface area contributed by atoms with Crippen LogP contribution in [0.2, 0.25) is 0 Å². The van der Waals surface area contributed by atoms with Gasteiger partial charge in [0, 0.05) is 57.9 Å². The number of rotatable bonds is 7. The number of thiophene rings is 2. The number of allylic oxidation sites excluding steroid dienone is 1. The lowest BCUT2D eigenvalue weighted by atomic mass is 9.89. The standard InChI is InChI=1S/C58H39NS2/c1-2-12-38(13-3-1)40-24-30-44(31-25-40)59(46-34-28-39-14-4-5-15-42(39)36-46)45-32-26-41(27-33-45)43-29-35-47(50-18-10-19-51-48-16-6-8-22-55(48)60-57(50)51)54(37-43)53-21-11-20-52-49-17-7-9-23-56(49)61-58(52)53/h1-5,7-15,17-37H,6,16H2. The van der Waals surface area contributed by atoms with Crippen LogP contribution in [0.3, 0.4) is 0 Å². The number of anilines is 3. The van der Waals surface area contributed by atoms with Crippen LogP contribution in [-0.2, 0) is 6.42 Å². The maximum Gasteiger partial charge on any atom is 0.0468 e. The Morgan fingerprint density at radius 1 is 0.377 bits per heavy atom. The summed E-state index contributed by atoms with van der Waals surface area (Å²) in [5.74, 6) is 0. The van der Waals surface area contributed by atoms with Gasteiger partial charge < -0.3 is 4.90 Å². The Kier molecular flexibility index (Phi) is 8.76. The second-order valence-corrected chi connectivity index (χ2v) is 18.0. The SMILES string of the molecule is C1=Cc2sc3c(-c4ccc(-c5ccc(N(c6ccc(-c7ccccc7)cc6)c6ccc7ccccc7c6)cc5)cc4-c4cccc5c4sc4ccccc45)cccc3c2CC1. The molecule has 0 spiro atoms. The summed E-state index contributed by atoms with van der Waals surface area (Å²) >= 11 is 3.85. The van der Waals surface area contributed by atoms with E-state index < -0.39 is 0 Å². The molecule has 0 radical (unpaired) electrons. The van der Waals surface area contributed by atoms with Gasteiger partial charge in [-0.2, -0.15) is 0 Å². The van der Waals surface area contributed by atoms with E-state index in [1.807, 2.05) is 22.7 Å². The molecule has 1 aliphatic rings. The van der Waals surface area contributed by atoms with E-state index in [1.165, 1.54) is 96.0 Å². The average molecular weight is 814 g/mol. The molecule has 1 aliphatic carbocycles. The molecule has 61 heavy (non-hydrogen) atoms. The van der Waals surface area contributed by atoms with Crippen molar-refractivity contribution in [3.8, 4) is 44.5 Å². The quantitative estimate of drug-likeness (QED) is 0.155. The normalized spacial score (nSPS) is 12.4. The van der Waals surface area contributed by atoms with Gasteiger partial charge in [0.25, 0.3) is 0 Å². The maximum atomic E-state index is 2.44. The average Bonchev–Trinajstić information content (AvgIpc) is 3.91. The first-order valence-corrected chi connectivity index (χ1v) is 22.7. The molecular weight excluding hydrogens is 775 g/mol. The van der Waals surface area contributed by atoms with Crippen molar-refractivity contribution in [1.29, 1.82) is 0 Å². The Morgan fingerprint density at radius 2 is 0.984 bits per heavy atom. The molecule has 0 bridgehead atoms. The van der Waals surface area contributed by atoms with Crippen LogP contribution >= 0.6 is 22.7 Å². The number of nitrogens with zero attached hydrogens (tertiary/aromatic N) is 1. The number of hydrogen-bond donors (Lipinski definition) is 0. The van der Waals surface area contributed by atoms with E-state index in [-0.39, 0.29) is 0 Å². The van der Waals surface area contributed by atoms with Crippen LogP contribution in [0.25, 0.3) is 91.6 Å². The van der Waals surface area contributed by atoms with E-state index >= 15 is 0 Å². The van der Waals surface area contributed by atoms with Crippen molar-refractivity contribution in [2.24, 2.45) is 0 Å². The minimum absolute atomic E-state index is 1.11. The number of hydrogen-bond acceptors (Lipinski definition) is 3. The third kappa shape index (κ3) is 6.28. The Morgan fingerprint density at radius 3 is 1.79 bits per heavy atom. The zero-order chi connectivity index (χ0) is 40.3. The van der Waals surface area contributed by atoms with Gasteiger partial charge in [-0.15, -0.1) is 22.7 Å². The minimum atomic E-state index is 1.11. The van der Waals surface area contributed by atoms with Gasteiger partial charge in [-0.25, -0.2) is 0 Å². The lowest BCUT2D eigenvalue weighted by molar-refractivity contribution is 1.01. The van der Waals surface area contributed by atoms with E-state index in [2.05, 4.69) is 217 Å². The lowest BCUT2D eigenvalue weighted by Crippen LogP contribution is -2.09. The molecule has 0 saturated carbocycles. The number of aryl methyl sites for hydroxylation is 1.